The van der Waals surface area contributed by atoms with Gasteiger partial charge in [0.05, 0.1) is 18.5 Å². The lowest BCUT2D eigenvalue weighted by Gasteiger charge is -2.20. The van der Waals surface area contributed by atoms with Gasteiger partial charge in [-0.2, -0.15) is 0 Å². The third-order valence-electron chi connectivity index (χ3n) is 3.05. The molecule has 0 aromatic heterocycles. The number of rotatable bonds is 3. The predicted octanol–water partition coefficient (Wildman–Crippen LogP) is 2.49. The summed E-state index contributed by atoms with van der Waals surface area (Å²) < 4.78 is 25.0. The molecule has 0 spiro atoms. The molecule has 2 aromatic carbocycles. The molecule has 0 aliphatic carbocycles. The van der Waals surface area contributed by atoms with Crippen LogP contribution in [-0.2, 0) is 10.0 Å². The lowest BCUT2D eigenvalue weighted by molar-refractivity contribution is 0.599. The van der Waals surface area contributed by atoms with Crippen LogP contribution >= 0.6 is 0 Å². The summed E-state index contributed by atoms with van der Waals surface area (Å²) in [5, 5.41) is 0. The SMILES string of the molecule is C#CCN(c1ccccc1C#CC#Cc1ccccc1)S(C)(=O)=O. The Hall–Kier alpha value is -3.13. The van der Waals surface area contributed by atoms with Gasteiger partial charge in [-0.1, -0.05) is 48.1 Å². The van der Waals surface area contributed by atoms with Gasteiger partial charge in [-0.15, -0.1) is 6.42 Å². The van der Waals surface area contributed by atoms with Gasteiger partial charge in [0.1, 0.15) is 0 Å². The Kier molecular flexibility index (Phi) is 5.69. The standard InChI is InChI=1S/C20H15NO2S/c1-3-17-21(24(2,22)23)20-16-10-9-15-19(20)14-8-7-13-18-11-5-4-6-12-18/h1,4-6,9-12,15-16H,17H2,2H3. The van der Waals surface area contributed by atoms with E-state index in [0.717, 1.165) is 16.1 Å². The van der Waals surface area contributed by atoms with E-state index in [9.17, 15) is 8.42 Å². The van der Waals surface area contributed by atoms with Gasteiger partial charge in [-0.25, -0.2) is 8.42 Å². The maximum Gasteiger partial charge on any atom is 0.233 e. The Morgan fingerprint density at radius 3 is 2.25 bits per heavy atom. The van der Waals surface area contributed by atoms with Crippen molar-refractivity contribution in [1.82, 2.24) is 0 Å². The molecule has 0 fully saturated rings. The highest BCUT2D eigenvalue weighted by Gasteiger charge is 2.18. The van der Waals surface area contributed by atoms with Gasteiger partial charge in [0, 0.05) is 11.1 Å². The zero-order valence-electron chi connectivity index (χ0n) is 13.2. The summed E-state index contributed by atoms with van der Waals surface area (Å²) in [6, 6.07) is 16.4. The number of benzene rings is 2. The van der Waals surface area contributed by atoms with Crippen molar-refractivity contribution in [3.8, 4) is 36.0 Å². The van der Waals surface area contributed by atoms with Crippen LogP contribution in [0.3, 0.4) is 0 Å². The number of hydrogen-bond acceptors (Lipinski definition) is 2. The lowest BCUT2D eigenvalue weighted by Crippen LogP contribution is -2.30. The van der Waals surface area contributed by atoms with Crippen LogP contribution in [0.1, 0.15) is 11.1 Å². The summed E-state index contributed by atoms with van der Waals surface area (Å²) in [4.78, 5) is 0. The smallest absolute Gasteiger partial charge is 0.233 e. The van der Waals surface area contributed by atoms with Crippen molar-refractivity contribution in [1.29, 1.82) is 0 Å². The second-order valence-corrected chi connectivity index (χ2v) is 6.76. The van der Waals surface area contributed by atoms with Crippen LogP contribution in [0.15, 0.2) is 54.6 Å². The van der Waals surface area contributed by atoms with Gasteiger partial charge in [0.15, 0.2) is 0 Å². The normalized spacial score (nSPS) is 9.67. The molecule has 0 radical (unpaired) electrons. The summed E-state index contributed by atoms with van der Waals surface area (Å²) in [5.74, 6) is 13.7. The summed E-state index contributed by atoms with van der Waals surface area (Å²) in [6.45, 7) is -0.0484. The first-order chi connectivity index (χ1) is 11.5. The number of terminal acetylenes is 1. The average molecular weight is 333 g/mol. The molecule has 0 unspecified atom stereocenters. The van der Waals surface area contributed by atoms with Crippen molar-refractivity contribution >= 4 is 15.7 Å². The molecule has 4 heteroatoms. The summed E-state index contributed by atoms with van der Waals surface area (Å²) in [6.07, 6.45) is 6.40. The molecule has 0 atom stereocenters. The molecule has 118 valence electrons. The van der Waals surface area contributed by atoms with E-state index in [4.69, 9.17) is 6.42 Å². The highest BCUT2D eigenvalue weighted by molar-refractivity contribution is 7.92. The van der Waals surface area contributed by atoms with Gasteiger partial charge in [-0.05, 0) is 36.1 Å². The maximum atomic E-state index is 11.9. The van der Waals surface area contributed by atoms with E-state index in [1.807, 2.05) is 30.3 Å². The van der Waals surface area contributed by atoms with Gasteiger partial charge < -0.3 is 0 Å². The Labute approximate surface area is 143 Å². The fourth-order valence-corrected chi connectivity index (χ4v) is 2.81. The van der Waals surface area contributed by atoms with E-state index in [-0.39, 0.29) is 6.54 Å². The molecule has 0 heterocycles. The summed E-state index contributed by atoms with van der Waals surface area (Å²) in [7, 11) is -3.49. The number of sulfonamides is 1. The van der Waals surface area contributed by atoms with Crippen molar-refractivity contribution in [3.63, 3.8) is 0 Å². The lowest BCUT2D eigenvalue weighted by atomic mass is 10.2. The zero-order valence-corrected chi connectivity index (χ0v) is 14.0. The van der Waals surface area contributed by atoms with Crippen molar-refractivity contribution in [2.24, 2.45) is 0 Å². The Morgan fingerprint density at radius 2 is 1.58 bits per heavy atom. The third kappa shape index (κ3) is 4.68. The second-order valence-electron chi connectivity index (χ2n) is 4.86. The number of hydrogen-bond donors (Lipinski definition) is 0. The van der Waals surface area contributed by atoms with Crippen LogP contribution in [-0.4, -0.2) is 21.2 Å². The molecule has 3 nitrogen and oxygen atoms in total. The van der Waals surface area contributed by atoms with E-state index >= 15 is 0 Å². The highest BCUT2D eigenvalue weighted by Crippen LogP contribution is 2.21. The number of para-hydroxylation sites is 1. The van der Waals surface area contributed by atoms with Gasteiger partial charge in [0.25, 0.3) is 0 Å². The number of nitrogens with zero attached hydrogens (tertiary/aromatic N) is 1. The van der Waals surface area contributed by atoms with Crippen LogP contribution in [0.2, 0.25) is 0 Å². The molecule has 0 amide bonds. The predicted molar refractivity (Wildman–Crippen MR) is 97.7 cm³/mol. The molecule has 2 rings (SSSR count). The molecule has 0 aliphatic rings. The minimum absolute atomic E-state index is 0.0484. The largest absolute Gasteiger partial charge is 0.257 e. The molecule has 0 aliphatic heterocycles. The minimum Gasteiger partial charge on any atom is -0.257 e. The monoisotopic (exact) mass is 333 g/mol. The van der Waals surface area contributed by atoms with Gasteiger partial charge >= 0.3 is 0 Å². The van der Waals surface area contributed by atoms with Crippen molar-refractivity contribution in [3.05, 3.63) is 65.7 Å². The Bertz CT molecular complexity index is 979. The quantitative estimate of drug-likeness (QED) is 0.810. The van der Waals surface area contributed by atoms with Gasteiger partial charge in [0.2, 0.25) is 10.0 Å². The average Bonchev–Trinajstić information content (AvgIpc) is 2.57. The van der Waals surface area contributed by atoms with E-state index in [1.54, 1.807) is 24.3 Å². The van der Waals surface area contributed by atoms with E-state index in [2.05, 4.69) is 29.6 Å². The fourth-order valence-electron chi connectivity index (χ4n) is 1.98. The third-order valence-corrected chi connectivity index (χ3v) is 4.17. The van der Waals surface area contributed by atoms with Crippen LogP contribution < -0.4 is 4.31 Å². The first-order valence-electron chi connectivity index (χ1n) is 7.09. The van der Waals surface area contributed by atoms with Crippen molar-refractivity contribution in [2.75, 3.05) is 17.1 Å². The number of anilines is 1. The molecular weight excluding hydrogens is 318 g/mol. The molecule has 0 N–H and O–H groups in total. The molecular formula is C20H15NO2S. The molecule has 0 saturated carbocycles. The second kappa shape index (κ2) is 7.93. The highest BCUT2D eigenvalue weighted by atomic mass is 32.2. The summed E-state index contributed by atoms with van der Waals surface area (Å²) in [5.41, 5.74) is 1.87. The minimum atomic E-state index is -3.49. The Morgan fingerprint density at radius 1 is 0.958 bits per heavy atom. The zero-order chi connectivity index (χ0) is 17.4. The van der Waals surface area contributed by atoms with Crippen LogP contribution in [0.4, 0.5) is 5.69 Å². The molecule has 0 bridgehead atoms. The van der Waals surface area contributed by atoms with Crippen molar-refractivity contribution < 1.29 is 8.42 Å². The maximum absolute atomic E-state index is 11.9. The first kappa shape index (κ1) is 17.2. The van der Waals surface area contributed by atoms with E-state index in [1.165, 1.54) is 0 Å². The summed E-state index contributed by atoms with van der Waals surface area (Å²) >= 11 is 0. The van der Waals surface area contributed by atoms with Crippen LogP contribution in [0, 0.1) is 36.0 Å². The molecule has 24 heavy (non-hydrogen) atoms. The van der Waals surface area contributed by atoms with E-state index in [0.29, 0.717) is 11.3 Å². The van der Waals surface area contributed by atoms with Crippen LogP contribution in [0.25, 0.3) is 0 Å². The van der Waals surface area contributed by atoms with Crippen LogP contribution in [0.5, 0.6) is 0 Å². The molecule has 0 saturated heterocycles. The van der Waals surface area contributed by atoms with E-state index < -0.39 is 10.0 Å². The molecule has 2 aromatic rings. The first-order valence-corrected chi connectivity index (χ1v) is 8.94. The topological polar surface area (TPSA) is 37.4 Å². The fraction of sp³-hybridized carbons (Fsp3) is 0.100. The Balaban J connectivity index is 2.36. The van der Waals surface area contributed by atoms with Crippen molar-refractivity contribution in [2.45, 2.75) is 0 Å². The van der Waals surface area contributed by atoms with Gasteiger partial charge in [-0.3, -0.25) is 4.31 Å².